The summed E-state index contributed by atoms with van der Waals surface area (Å²) in [6.45, 7) is 7.25. The lowest BCUT2D eigenvalue weighted by Crippen LogP contribution is -2.33. The second-order valence-corrected chi connectivity index (χ2v) is 9.78. The van der Waals surface area contributed by atoms with Gasteiger partial charge in [-0.1, -0.05) is 6.07 Å². The molecule has 8 heteroatoms. The van der Waals surface area contributed by atoms with Gasteiger partial charge < -0.3 is 20.1 Å². The Morgan fingerprint density at radius 3 is 1.82 bits per heavy atom. The number of cyclic esters (lactones) is 1. The van der Waals surface area contributed by atoms with Gasteiger partial charge in [0.1, 0.15) is 11.5 Å². The van der Waals surface area contributed by atoms with Crippen LogP contribution in [0, 0.1) is 27.7 Å². The molecule has 0 amide bonds. The molecule has 3 aromatic carbocycles. The third kappa shape index (κ3) is 3.27. The second kappa shape index (κ2) is 7.88. The maximum absolute atomic E-state index is 13.2. The number of esters is 1. The summed E-state index contributed by atoms with van der Waals surface area (Å²) in [5, 5.41) is 30.2. The summed E-state index contributed by atoms with van der Waals surface area (Å²) in [6, 6.07) is 7.54. The normalized spacial score (nSPS) is 14.2. The number of aromatic hydroxyl groups is 2. The number of ether oxygens (including phenoxy) is 1. The zero-order valence-corrected chi connectivity index (χ0v) is 21.4. The van der Waals surface area contributed by atoms with Gasteiger partial charge in [0, 0.05) is 16.7 Å². The van der Waals surface area contributed by atoms with Gasteiger partial charge in [0.15, 0.2) is 5.60 Å². The second-order valence-electron chi connectivity index (χ2n) is 8.19. The van der Waals surface area contributed by atoms with Crippen molar-refractivity contribution in [1.29, 1.82) is 0 Å². The lowest BCUT2D eigenvalue weighted by molar-refractivity contribution is 0.0244. The fourth-order valence-electron chi connectivity index (χ4n) is 4.86. The van der Waals surface area contributed by atoms with Gasteiger partial charge in [0.25, 0.3) is 0 Å². The molecule has 0 saturated heterocycles. The third-order valence-electron chi connectivity index (χ3n) is 6.17. The highest BCUT2D eigenvalue weighted by Gasteiger charge is 2.52. The summed E-state index contributed by atoms with van der Waals surface area (Å²) >= 11 is 6.88. The molecule has 0 aliphatic carbocycles. The Bertz CT molecular complexity index is 1310. The van der Waals surface area contributed by atoms with E-state index in [0.29, 0.717) is 47.9 Å². The van der Waals surface area contributed by atoms with Crippen molar-refractivity contribution in [3.8, 4) is 11.5 Å². The Morgan fingerprint density at radius 2 is 1.36 bits per heavy atom. The smallest absolute Gasteiger partial charge is 0.340 e. The van der Waals surface area contributed by atoms with Crippen molar-refractivity contribution >= 4 is 43.8 Å². The van der Waals surface area contributed by atoms with Crippen LogP contribution in [-0.4, -0.2) is 27.3 Å². The average Bonchev–Trinajstić information content (AvgIpc) is 3.02. The molecule has 170 valence electrons. The van der Waals surface area contributed by atoms with E-state index in [2.05, 4.69) is 31.9 Å². The molecule has 0 saturated carbocycles. The molecular weight excluding hydrogens is 556 g/mol. The van der Waals surface area contributed by atoms with Gasteiger partial charge in [0.2, 0.25) is 0 Å². The maximum Gasteiger partial charge on any atom is 0.340 e. The lowest BCUT2D eigenvalue weighted by Gasteiger charge is -2.36. The van der Waals surface area contributed by atoms with Gasteiger partial charge in [-0.2, -0.15) is 0 Å². The molecule has 1 aliphatic heterocycles. The Balaban J connectivity index is 2.23. The van der Waals surface area contributed by atoms with E-state index in [-0.39, 0.29) is 22.6 Å². The predicted octanol–water partition coefficient (Wildman–Crippen LogP) is 6.02. The van der Waals surface area contributed by atoms with Crippen LogP contribution < -0.4 is 0 Å². The monoisotopic (exact) mass is 574 g/mol. The number of aromatic carboxylic acids is 1. The van der Waals surface area contributed by atoms with Crippen LogP contribution in [0.5, 0.6) is 11.5 Å². The minimum absolute atomic E-state index is 0.0258. The number of hydrogen-bond donors (Lipinski definition) is 3. The zero-order chi connectivity index (χ0) is 24.4. The van der Waals surface area contributed by atoms with E-state index in [9.17, 15) is 24.9 Å². The first-order chi connectivity index (χ1) is 15.4. The number of rotatable bonds is 3. The van der Waals surface area contributed by atoms with Crippen molar-refractivity contribution in [1.82, 2.24) is 0 Å². The third-order valence-corrected chi connectivity index (χ3v) is 8.17. The first-order valence-corrected chi connectivity index (χ1v) is 11.6. The number of benzene rings is 3. The van der Waals surface area contributed by atoms with Gasteiger partial charge in [-0.3, -0.25) is 0 Å². The van der Waals surface area contributed by atoms with Crippen LogP contribution in [0.25, 0.3) is 0 Å². The molecule has 4 rings (SSSR count). The van der Waals surface area contributed by atoms with Crippen molar-refractivity contribution in [2.75, 3.05) is 0 Å². The van der Waals surface area contributed by atoms with Gasteiger partial charge in [-0.05, 0) is 106 Å². The van der Waals surface area contributed by atoms with Crippen molar-refractivity contribution in [2.45, 2.75) is 33.3 Å². The molecule has 0 atom stereocenters. The number of phenolic OH excluding ortho intramolecular Hbond substituents is 2. The standard InChI is InChI=1S/C25H20Br2O6/c1-10-7-17(28)21(26)12(3)19(10)25(20-11(2)8-18(29)22(27)13(20)4)16-6-5-14(23(30)31)9-15(16)24(32)33-25/h5-9,28-29H,1-4H3,(H,30,31). The number of carbonyl (C=O) groups is 2. The van der Waals surface area contributed by atoms with E-state index < -0.39 is 17.5 Å². The Labute approximate surface area is 207 Å². The summed E-state index contributed by atoms with van der Waals surface area (Å²) in [5.41, 5.74) is 3.17. The number of aryl methyl sites for hydroxylation is 2. The molecule has 0 bridgehead atoms. The van der Waals surface area contributed by atoms with Crippen molar-refractivity contribution in [2.24, 2.45) is 0 Å². The quantitative estimate of drug-likeness (QED) is 0.330. The molecule has 6 nitrogen and oxygen atoms in total. The summed E-state index contributed by atoms with van der Waals surface area (Å²) in [6.07, 6.45) is 0. The highest BCUT2D eigenvalue weighted by Crippen LogP contribution is 2.54. The van der Waals surface area contributed by atoms with E-state index >= 15 is 0 Å². The van der Waals surface area contributed by atoms with Crippen LogP contribution in [0.15, 0.2) is 39.3 Å². The minimum atomic E-state index is -1.43. The lowest BCUT2D eigenvalue weighted by atomic mass is 9.73. The highest BCUT2D eigenvalue weighted by molar-refractivity contribution is 9.11. The molecule has 1 aliphatic rings. The van der Waals surface area contributed by atoms with Crippen LogP contribution in [-0.2, 0) is 10.3 Å². The molecular formula is C25H20Br2O6. The Morgan fingerprint density at radius 1 is 0.879 bits per heavy atom. The average molecular weight is 576 g/mol. The molecule has 3 aromatic rings. The van der Waals surface area contributed by atoms with Crippen LogP contribution in [0.2, 0.25) is 0 Å². The van der Waals surface area contributed by atoms with Crippen LogP contribution in [0.3, 0.4) is 0 Å². The number of carboxylic acid groups (broad SMARTS) is 1. The number of carboxylic acids is 1. The van der Waals surface area contributed by atoms with Crippen LogP contribution in [0.4, 0.5) is 0 Å². The summed E-state index contributed by atoms with van der Waals surface area (Å²) in [5.74, 6) is -1.70. The largest absolute Gasteiger partial charge is 0.507 e. The van der Waals surface area contributed by atoms with Gasteiger partial charge in [0.05, 0.1) is 20.1 Å². The molecule has 33 heavy (non-hydrogen) atoms. The molecule has 3 N–H and O–H groups in total. The minimum Gasteiger partial charge on any atom is -0.507 e. The summed E-state index contributed by atoms with van der Waals surface area (Å²) < 4.78 is 7.12. The van der Waals surface area contributed by atoms with E-state index in [1.54, 1.807) is 18.2 Å². The summed E-state index contributed by atoms with van der Waals surface area (Å²) in [4.78, 5) is 24.8. The fraction of sp³-hybridized carbons (Fsp3) is 0.200. The number of carbonyl (C=O) groups excluding carboxylic acids is 1. The first-order valence-electron chi connectivity index (χ1n) is 10.0. The van der Waals surface area contributed by atoms with Crippen LogP contribution >= 0.6 is 31.9 Å². The zero-order valence-electron chi connectivity index (χ0n) is 18.2. The van der Waals surface area contributed by atoms with Gasteiger partial charge >= 0.3 is 11.9 Å². The molecule has 0 unspecified atom stereocenters. The summed E-state index contributed by atoms with van der Waals surface area (Å²) in [7, 11) is 0. The molecule has 0 spiro atoms. The number of fused-ring (bicyclic) bond motifs is 1. The Hall–Kier alpha value is -2.84. The van der Waals surface area contributed by atoms with Crippen LogP contribution in [0.1, 0.15) is 59.7 Å². The topological polar surface area (TPSA) is 104 Å². The molecule has 0 radical (unpaired) electrons. The van der Waals surface area contributed by atoms with E-state index in [0.717, 1.165) is 0 Å². The van der Waals surface area contributed by atoms with Crippen molar-refractivity contribution < 1.29 is 29.6 Å². The number of hydrogen-bond acceptors (Lipinski definition) is 5. The Kier molecular flexibility index (Phi) is 5.57. The van der Waals surface area contributed by atoms with E-state index in [1.807, 2.05) is 27.7 Å². The maximum atomic E-state index is 13.2. The van der Waals surface area contributed by atoms with Gasteiger partial charge in [-0.25, -0.2) is 9.59 Å². The molecule has 1 heterocycles. The van der Waals surface area contributed by atoms with Crippen molar-refractivity contribution in [3.63, 3.8) is 0 Å². The first kappa shape index (κ1) is 23.3. The predicted molar refractivity (Wildman–Crippen MR) is 129 cm³/mol. The fourth-order valence-corrected chi connectivity index (χ4v) is 5.48. The highest BCUT2D eigenvalue weighted by atomic mass is 79.9. The van der Waals surface area contributed by atoms with E-state index in [4.69, 9.17) is 4.74 Å². The SMILES string of the molecule is Cc1cc(O)c(Br)c(C)c1C1(c2c(C)cc(O)c(Br)c2C)OC(=O)c2cc(C(=O)O)ccc21. The van der Waals surface area contributed by atoms with Crippen molar-refractivity contribution in [3.05, 3.63) is 89.3 Å². The van der Waals surface area contributed by atoms with E-state index in [1.165, 1.54) is 12.1 Å². The molecule has 0 aromatic heterocycles. The number of halogens is 2. The molecule has 0 fully saturated rings. The van der Waals surface area contributed by atoms with Gasteiger partial charge in [-0.15, -0.1) is 0 Å². The number of phenols is 2.